The molecule has 0 spiro atoms. The highest BCUT2D eigenvalue weighted by Gasteiger charge is 2.39. The number of halogens is 4. The second-order valence-electron chi connectivity index (χ2n) is 5.58. The molecule has 0 aromatic heterocycles. The molecule has 1 fully saturated rings. The van der Waals surface area contributed by atoms with Crippen LogP contribution in [0.1, 0.15) is 24.0 Å². The zero-order valence-corrected chi connectivity index (χ0v) is 13.5. The van der Waals surface area contributed by atoms with Crippen LogP contribution in [0.2, 0.25) is 0 Å². The van der Waals surface area contributed by atoms with Crippen molar-refractivity contribution in [2.75, 3.05) is 25.1 Å². The second-order valence-corrected chi connectivity index (χ2v) is 5.58. The van der Waals surface area contributed by atoms with Crippen molar-refractivity contribution >= 4 is 24.0 Å². The van der Waals surface area contributed by atoms with Gasteiger partial charge in [-0.15, -0.1) is 12.4 Å². The average molecular weight is 353 g/mol. The van der Waals surface area contributed by atoms with Crippen molar-refractivity contribution in [2.45, 2.75) is 25.9 Å². The highest BCUT2D eigenvalue weighted by molar-refractivity contribution is 5.96. The fourth-order valence-corrected chi connectivity index (χ4v) is 2.47. The predicted octanol–water partition coefficient (Wildman–Crippen LogP) is 3.13. The molecule has 0 atom stereocenters. The maximum Gasteiger partial charge on any atom is 0.416 e. The van der Waals surface area contributed by atoms with E-state index in [1.807, 2.05) is 0 Å². The van der Waals surface area contributed by atoms with Crippen LogP contribution in [0.3, 0.4) is 0 Å². The van der Waals surface area contributed by atoms with Gasteiger partial charge in [-0.05, 0) is 37.5 Å². The first-order valence-corrected chi connectivity index (χ1v) is 7.06. The van der Waals surface area contributed by atoms with Crippen LogP contribution in [0.15, 0.2) is 18.2 Å². The molecule has 1 heterocycles. The van der Waals surface area contributed by atoms with Gasteiger partial charge in [0.05, 0.1) is 11.0 Å². The Bertz CT molecular complexity index is 558. The van der Waals surface area contributed by atoms with Gasteiger partial charge in [-0.1, -0.05) is 6.07 Å². The van der Waals surface area contributed by atoms with Crippen molar-refractivity contribution in [1.82, 2.24) is 0 Å². The van der Waals surface area contributed by atoms with E-state index in [1.165, 1.54) is 6.07 Å². The molecular weight excluding hydrogens is 333 g/mol. The molecule has 130 valence electrons. The summed E-state index contributed by atoms with van der Waals surface area (Å²) in [5.41, 5.74) is 4.90. The minimum atomic E-state index is -4.45. The van der Waals surface area contributed by atoms with Crippen molar-refractivity contribution in [1.29, 1.82) is 0 Å². The Morgan fingerprint density at radius 2 is 1.96 bits per heavy atom. The monoisotopic (exact) mass is 352 g/mol. The quantitative estimate of drug-likeness (QED) is 0.878. The topological polar surface area (TPSA) is 64.4 Å². The first-order chi connectivity index (χ1) is 10.3. The Morgan fingerprint density at radius 1 is 1.35 bits per heavy atom. The first-order valence-electron chi connectivity index (χ1n) is 7.06. The maximum absolute atomic E-state index is 12.8. The molecule has 4 nitrogen and oxygen atoms in total. The lowest BCUT2D eigenvalue weighted by Gasteiger charge is -2.34. The molecular formula is C15H20ClF3N2O2. The third kappa shape index (κ3) is 4.37. The summed E-state index contributed by atoms with van der Waals surface area (Å²) < 4.78 is 43.6. The van der Waals surface area contributed by atoms with Gasteiger partial charge >= 0.3 is 6.18 Å². The minimum absolute atomic E-state index is 0. The van der Waals surface area contributed by atoms with Crippen molar-refractivity contribution in [3.05, 3.63) is 29.3 Å². The third-order valence-electron chi connectivity index (χ3n) is 4.14. The van der Waals surface area contributed by atoms with Gasteiger partial charge in [-0.2, -0.15) is 13.2 Å². The van der Waals surface area contributed by atoms with Crippen LogP contribution in [-0.4, -0.2) is 25.7 Å². The maximum atomic E-state index is 12.8. The van der Waals surface area contributed by atoms with Crippen LogP contribution >= 0.6 is 12.4 Å². The number of benzene rings is 1. The van der Waals surface area contributed by atoms with Crippen LogP contribution in [0.25, 0.3) is 0 Å². The predicted molar refractivity (Wildman–Crippen MR) is 83.6 cm³/mol. The highest BCUT2D eigenvalue weighted by atomic mass is 35.5. The Kier molecular flexibility index (Phi) is 6.44. The molecule has 0 radical (unpaired) electrons. The lowest BCUT2D eigenvalue weighted by Crippen LogP contribution is -2.46. The SMILES string of the molecule is Cc1ccc(C(F)(F)F)cc1NC(=O)C1(CN)CCOCC1.Cl. The summed E-state index contributed by atoms with van der Waals surface area (Å²) in [6.45, 7) is 2.63. The second kappa shape index (κ2) is 7.51. The van der Waals surface area contributed by atoms with E-state index in [0.29, 0.717) is 31.6 Å². The van der Waals surface area contributed by atoms with Crippen LogP contribution in [0, 0.1) is 12.3 Å². The van der Waals surface area contributed by atoms with Gasteiger partial charge in [0.15, 0.2) is 0 Å². The Balaban J connectivity index is 0.00000264. The molecule has 0 aliphatic carbocycles. The van der Waals surface area contributed by atoms with Crippen LogP contribution in [-0.2, 0) is 15.7 Å². The molecule has 1 aromatic carbocycles. The third-order valence-corrected chi connectivity index (χ3v) is 4.14. The number of nitrogens with two attached hydrogens (primary N) is 1. The fourth-order valence-electron chi connectivity index (χ4n) is 2.47. The van der Waals surface area contributed by atoms with E-state index in [0.717, 1.165) is 12.1 Å². The zero-order valence-electron chi connectivity index (χ0n) is 12.7. The van der Waals surface area contributed by atoms with Gasteiger partial charge in [0.2, 0.25) is 5.91 Å². The minimum Gasteiger partial charge on any atom is -0.381 e. The van der Waals surface area contributed by atoms with Gasteiger partial charge < -0.3 is 15.8 Å². The summed E-state index contributed by atoms with van der Waals surface area (Å²) in [4.78, 5) is 12.5. The van der Waals surface area contributed by atoms with Crippen LogP contribution < -0.4 is 11.1 Å². The van der Waals surface area contributed by atoms with E-state index in [-0.39, 0.29) is 30.5 Å². The number of nitrogens with one attached hydrogen (secondary N) is 1. The Morgan fingerprint density at radius 3 is 2.48 bits per heavy atom. The molecule has 1 aromatic rings. The molecule has 8 heteroatoms. The van der Waals surface area contributed by atoms with Crippen molar-refractivity contribution in [3.8, 4) is 0 Å². The Hall–Kier alpha value is -1.31. The molecule has 1 aliphatic heterocycles. The summed E-state index contributed by atoms with van der Waals surface area (Å²) in [5, 5.41) is 2.61. The average Bonchev–Trinajstić information content (AvgIpc) is 2.49. The number of amides is 1. The molecule has 2 rings (SSSR count). The number of alkyl halides is 3. The van der Waals surface area contributed by atoms with Gasteiger partial charge in [-0.3, -0.25) is 4.79 Å². The number of hydrogen-bond donors (Lipinski definition) is 2. The number of anilines is 1. The number of carbonyl (C=O) groups excluding carboxylic acids is 1. The summed E-state index contributed by atoms with van der Waals surface area (Å²) in [6.07, 6.45) is -3.52. The van der Waals surface area contributed by atoms with E-state index in [4.69, 9.17) is 10.5 Å². The standard InChI is InChI=1S/C15H19F3N2O2.ClH/c1-10-2-3-11(15(16,17)18)8-12(10)20-13(21)14(9-19)4-6-22-7-5-14;/h2-3,8H,4-7,9,19H2,1H3,(H,20,21);1H. The van der Waals surface area contributed by atoms with Gasteiger partial charge in [0.1, 0.15) is 0 Å². The molecule has 1 aliphatic rings. The van der Waals surface area contributed by atoms with Gasteiger partial charge in [0.25, 0.3) is 0 Å². The number of ether oxygens (including phenoxy) is 1. The summed E-state index contributed by atoms with van der Waals surface area (Å²) >= 11 is 0. The van der Waals surface area contributed by atoms with E-state index in [9.17, 15) is 18.0 Å². The molecule has 3 N–H and O–H groups in total. The van der Waals surface area contributed by atoms with Crippen molar-refractivity contribution in [3.63, 3.8) is 0 Å². The van der Waals surface area contributed by atoms with Gasteiger partial charge in [-0.25, -0.2) is 0 Å². The smallest absolute Gasteiger partial charge is 0.381 e. The normalized spacial score (nSPS) is 17.3. The molecule has 23 heavy (non-hydrogen) atoms. The lowest BCUT2D eigenvalue weighted by atomic mass is 9.79. The number of carbonyl (C=O) groups is 1. The van der Waals surface area contributed by atoms with E-state index >= 15 is 0 Å². The van der Waals surface area contributed by atoms with E-state index in [1.54, 1.807) is 6.92 Å². The van der Waals surface area contributed by atoms with Crippen molar-refractivity contribution < 1.29 is 22.7 Å². The highest BCUT2D eigenvalue weighted by Crippen LogP contribution is 2.34. The summed E-state index contributed by atoms with van der Waals surface area (Å²) in [5.74, 6) is -0.347. The Labute approximate surface area is 139 Å². The molecule has 1 saturated heterocycles. The van der Waals surface area contributed by atoms with Crippen molar-refractivity contribution in [2.24, 2.45) is 11.1 Å². The fraction of sp³-hybridized carbons (Fsp3) is 0.533. The lowest BCUT2D eigenvalue weighted by molar-refractivity contribution is -0.137. The zero-order chi connectivity index (χ0) is 16.4. The number of rotatable bonds is 3. The van der Waals surface area contributed by atoms with E-state index < -0.39 is 17.2 Å². The summed E-state index contributed by atoms with van der Waals surface area (Å²) in [7, 11) is 0. The largest absolute Gasteiger partial charge is 0.416 e. The molecule has 0 unspecified atom stereocenters. The van der Waals surface area contributed by atoms with Crippen LogP contribution in [0.5, 0.6) is 0 Å². The number of hydrogen-bond acceptors (Lipinski definition) is 3. The molecule has 0 saturated carbocycles. The van der Waals surface area contributed by atoms with E-state index in [2.05, 4.69) is 5.32 Å². The molecule has 1 amide bonds. The summed E-state index contributed by atoms with van der Waals surface area (Å²) in [6, 6.07) is 3.30. The van der Waals surface area contributed by atoms with Gasteiger partial charge in [0, 0.05) is 25.4 Å². The van der Waals surface area contributed by atoms with Crippen LogP contribution in [0.4, 0.5) is 18.9 Å². The molecule has 0 bridgehead atoms. The number of aryl methyl sites for hydroxylation is 1. The first kappa shape index (κ1) is 19.7.